The molecule has 18 heavy (non-hydrogen) atoms. The molecule has 0 spiro atoms. The van der Waals surface area contributed by atoms with E-state index in [1.54, 1.807) is 0 Å². The monoisotopic (exact) mass is 256 g/mol. The number of rotatable bonds is 1. The summed E-state index contributed by atoms with van der Waals surface area (Å²) >= 11 is 0. The maximum atomic E-state index is 11.5. The van der Waals surface area contributed by atoms with E-state index in [2.05, 4.69) is 0 Å². The summed E-state index contributed by atoms with van der Waals surface area (Å²) in [5.74, 6) is -0.656. The molecule has 4 unspecified atom stereocenters. The van der Waals surface area contributed by atoms with Gasteiger partial charge in [0.05, 0.1) is 0 Å². The zero-order chi connectivity index (χ0) is 13.4. The van der Waals surface area contributed by atoms with E-state index in [0.29, 0.717) is 0 Å². The number of aliphatic hydroxyl groups is 2. The van der Waals surface area contributed by atoms with Crippen LogP contribution in [0.5, 0.6) is 0 Å². The quantitative estimate of drug-likeness (QED) is 0.521. The van der Waals surface area contributed by atoms with Crippen LogP contribution in [0.3, 0.4) is 0 Å². The highest BCUT2D eigenvalue weighted by atomic mass is 16.5. The highest BCUT2D eigenvalue weighted by molar-refractivity contribution is 5.88. The molecule has 3 N–H and O–H groups in total. The summed E-state index contributed by atoms with van der Waals surface area (Å²) in [6.45, 7) is 1.40. The van der Waals surface area contributed by atoms with Gasteiger partial charge in [0.1, 0.15) is 18.3 Å². The molecule has 1 fully saturated rings. The van der Waals surface area contributed by atoms with Crippen LogP contribution < -0.4 is 11.2 Å². The lowest BCUT2D eigenvalue weighted by molar-refractivity contribution is -0.196. The molecule has 98 valence electrons. The molecule has 4 atom stereocenters. The maximum absolute atomic E-state index is 11.5. The van der Waals surface area contributed by atoms with Crippen molar-refractivity contribution in [3.8, 4) is 0 Å². The lowest BCUT2D eigenvalue weighted by atomic mass is 10.0. The smallest absolute Gasteiger partial charge is 0.330 e. The first kappa shape index (κ1) is 12.7. The summed E-state index contributed by atoms with van der Waals surface area (Å²) in [5, 5.41) is 19.3. The lowest BCUT2D eigenvalue weighted by Crippen LogP contribution is -2.53. The Kier molecular flexibility index (Phi) is 3.16. The average molecular weight is 256 g/mol. The number of nitrogens with one attached hydrogen (secondary N) is 1. The second-order valence-corrected chi connectivity index (χ2v) is 4.02. The van der Waals surface area contributed by atoms with E-state index in [4.69, 9.17) is 4.74 Å². The van der Waals surface area contributed by atoms with Crippen LogP contribution in [0.25, 0.3) is 0 Å². The van der Waals surface area contributed by atoms with Gasteiger partial charge in [0.15, 0.2) is 12.0 Å². The van der Waals surface area contributed by atoms with Crippen molar-refractivity contribution in [1.29, 1.82) is 0 Å². The Morgan fingerprint density at radius 2 is 2.00 bits per heavy atom. The predicted octanol–water partition coefficient (Wildman–Crippen LogP) is -2.26. The number of H-pyrrole nitrogens is 1. The van der Waals surface area contributed by atoms with Crippen LogP contribution in [0.1, 0.15) is 13.2 Å². The molecule has 0 aromatic carbocycles. The molecule has 2 rings (SSSR count). The molecule has 1 aliphatic rings. The van der Waals surface area contributed by atoms with E-state index < -0.39 is 41.6 Å². The number of carbonyl (C=O) groups excluding carboxylic acids is 1. The average Bonchev–Trinajstić information content (AvgIpc) is 2.32. The van der Waals surface area contributed by atoms with Crippen molar-refractivity contribution < 1.29 is 19.7 Å². The van der Waals surface area contributed by atoms with Gasteiger partial charge in [-0.15, -0.1) is 0 Å². The molecule has 1 aromatic rings. The molecule has 0 aliphatic carbocycles. The van der Waals surface area contributed by atoms with Crippen LogP contribution >= 0.6 is 0 Å². The van der Waals surface area contributed by atoms with Gasteiger partial charge in [-0.05, 0) is 6.92 Å². The number of aromatic nitrogens is 2. The largest absolute Gasteiger partial charge is 0.385 e. The fourth-order valence-electron chi connectivity index (χ4n) is 1.78. The Morgan fingerprint density at radius 3 is 2.61 bits per heavy atom. The lowest BCUT2D eigenvalue weighted by Gasteiger charge is -2.35. The summed E-state index contributed by atoms with van der Waals surface area (Å²) in [5.41, 5.74) is -1.38. The number of Topliss-reactive ketones (excluding diaryl/α,β-unsaturated/α-hetero) is 1. The van der Waals surface area contributed by atoms with Crippen molar-refractivity contribution in [2.24, 2.45) is 0 Å². The number of ether oxygens (including phenoxy) is 1. The van der Waals surface area contributed by atoms with Crippen molar-refractivity contribution in [3.63, 3.8) is 0 Å². The Morgan fingerprint density at radius 1 is 1.33 bits per heavy atom. The van der Waals surface area contributed by atoms with Gasteiger partial charge in [-0.2, -0.15) is 0 Å². The number of hydrogen-bond acceptors (Lipinski definition) is 6. The van der Waals surface area contributed by atoms with E-state index in [0.717, 1.165) is 16.8 Å². The summed E-state index contributed by atoms with van der Waals surface area (Å²) < 4.78 is 6.08. The molecule has 1 aliphatic heterocycles. The van der Waals surface area contributed by atoms with Crippen molar-refractivity contribution in [1.82, 2.24) is 9.55 Å². The molecule has 0 bridgehead atoms. The van der Waals surface area contributed by atoms with E-state index >= 15 is 0 Å². The molecule has 0 saturated carbocycles. The number of hydrogen-bond donors (Lipinski definition) is 3. The molecule has 1 saturated heterocycles. The third kappa shape index (κ3) is 2.01. The summed E-state index contributed by atoms with van der Waals surface area (Å²) in [7, 11) is 0. The van der Waals surface area contributed by atoms with Gasteiger partial charge < -0.3 is 14.9 Å². The van der Waals surface area contributed by atoms with E-state index in [-0.39, 0.29) is 0 Å². The van der Waals surface area contributed by atoms with Crippen LogP contribution in [0.4, 0.5) is 0 Å². The minimum atomic E-state index is -1.63. The first-order valence-electron chi connectivity index (χ1n) is 5.28. The van der Waals surface area contributed by atoms with Crippen LogP contribution in [0.15, 0.2) is 21.9 Å². The van der Waals surface area contributed by atoms with Crippen LogP contribution in [-0.4, -0.2) is 43.9 Å². The topological polar surface area (TPSA) is 122 Å². The van der Waals surface area contributed by atoms with Crippen LogP contribution in [0, 0.1) is 0 Å². The fourth-order valence-corrected chi connectivity index (χ4v) is 1.78. The Bertz CT molecular complexity index is 576. The van der Waals surface area contributed by atoms with Gasteiger partial charge in [-0.3, -0.25) is 19.1 Å². The van der Waals surface area contributed by atoms with E-state index in [1.165, 1.54) is 6.92 Å². The number of nitrogens with zero attached hydrogens (tertiary/aromatic N) is 1. The molecule has 8 nitrogen and oxygen atoms in total. The second-order valence-electron chi connectivity index (χ2n) is 4.02. The van der Waals surface area contributed by atoms with E-state index in [9.17, 15) is 24.6 Å². The molecular weight excluding hydrogens is 244 g/mol. The van der Waals surface area contributed by atoms with Gasteiger partial charge in [-0.1, -0.05) is 0 Å². The number of carbonyl (C=O) groups is 1. The van der Waals surface area contributed by atoms with Crippen molar-refractivity contribution >= 4 is 5.78 Å². The highest BCUT2D eigenvalue weighted by Gasteiger charge is 2.42. The number of aliphatic hydroxyl groups excluding tert-OH is 2. The number of aromatic amines is 1. The summed E-state index contributed by atoms with van der Waals surface area (Å²) in [6, 6.07) is 1.07. The second kappa shape index (κ2) is 4.48. The maximum Gasteiger partial charge on any atom is 0.330 e. The normalized spacial score (nSPS) is 32.5. The van der Waals surface area contributed by atoms with Crippen molar-refractivity contribution in [3.05, 3.63) is 33.1 Å². The van der Waals surface area contributed by atoms with Gasteiger partial charge in [0.25, 0.3) is 5.56 Å². The molecule has 8 heteroatoms. The summed E-state index contributed by atoms with van der Waals surface area (Å²) in [4.78, 5) is 35.8. The van der Waals surface area contributed by atoms with E-state index in [1.807, 2.05) is 4.98 Å². The first-order valence-corrected chi connectivity index (χ1v) is 5.28. The standard InChI is InChI=1S/C10H12N2O6/c1-4-6(14)7(15)8(16)9(18-4)12-3-2-5(13)11-10(12)17/h2-4,7-9,15-16H,1H3,(H,11,13,17). The third-order valence-corrected chi connectivity index (χ3v) is 2.78. The third-order valence-electron chi connectivity index (χ3n) is 2.78. The van der Waals surface area contributed by atoms with Crippen molar-refractivity contribution in [2.75, 3.05) is 0 Å². The Balaban J connectivity index is 2.41. The SMILES string of the molecule is CC1OC(n2ccc(=O)[nH]c2=O)C(O)C(O)C1=O. The Labute approximate surface area is 100 Å². The molecule has 0 amide bonds. The molecule has 0 radical (unpaired) electrons. The van der Waals surface area contributed by atoms with Gasteiger partial charge in [0, 0.05) is 12.3 Å². The minimum Gasteiger partial charge on any atom is -0.385 e. The number of ketones is 1. The highest BCUT2D eigenvalue weighted by Crippen LogP contribution is 2.24. The molecule has 1 aromatic heterocycles. The zero-order valence-corrected chi connectivity index (χ0v) is 9.44. The van der Waals surface area contributed by atoms with Gasteiger partial charge >= 0.3 is 5.69 Å². The summed E-state index contributed by atoms with van der Waals surface area (Å²) in [6.07, 6.45) is -4.25. The molecule has 2 heterocycles. The van der Waals surface area contributed by atoms with Crippen LogP contribution in [-0.2, 0) is 9.53 Å². The minimum absolute atomic E-state index is 0.591. The zero-order valence-electron chi connectivity index (χ0n) is 9.44. The first-order chi connectivity index (χ1) is 8.41. The Hall–Kier alpha value is -1.77. The van der Waals surface area contributed by atoms with Crippen LogP contribution in [0.2, 0.25) is 0 Å². The fraction of sp³-hybridized carbons (Fsp3) is 0.500. The molecular formula is C10H12N2O6. The van der Waals surface area contributed by atoms with Gasteiger partial charge in [0.2, 0.25) is 0 Å². The predicted molar refractivity (Wildman–Crippen MR) is 57.9 cm³/mol. The van der Waals surface area contributed by atoms with Crippen molar-refractivity contribution in [2.45, 2.75) is 31.5 Å². The van der Waals surface area contributed by atoms with Gasteiger partial charge in [-0.25, -0.2) is 4.79 Å².